The SMILES string of the molecule is CC(=O)Nc1cc(-c2ccccc2)nn(CC(=O)Nc2cccc(C)c2)c1=O. The molecule has 1 aromatic heterocycles. The first-order chi connectivity index (χ1) is 13.4. The van der Waals surface area contributed by atoms with Crippen LogP contribution in [-0.4, -0.2) is 21.6 Å². The largest absolute Gasteiger partial charge is 0.324 e. The summed E-state index contributed by atoms with van der Waals surface area (Å²) in [5.41, 5.74) is 2.42. The number of nitrogens with one attached hydrogen (secondary N) is 2. The number of nitrogens with zero attached hydrogens (tertiary/aromatic N) is 2. The predicted octanol–water partition coefficient (Wildman–Crippen LogP) is 2.82. The second kappa shape index (κ2) is 8.30. The summed E-state index contributed by atoms with van der Waals surface area (Å²) < 4.78 is 1.05. The zero-order valence-electron chi connectivity index (χ0n) is 15.6. The molecular formula is C21H20N4O3. The van der Waals surface area contributed by atoms with Crippen LogP contribution in [0.5, 0.6) is 0 Å². The number of hydrogen-bond acceptors (Lipinski definition) is 4. The van der Waals surface area contributed by atoms with Crippen LogP contribution in [0.1, 0.15) is 12.5 Å². The van der Waals surface area contributed by atoms with Crippen LogP contribution in [0.15, 0.2) is 65.5 Å². The summed E-state index contributed by atoms with van der Waals surface area (Å²) in [6.45, 7) is 2.96. The van der Waals surface area contributed by atoms with Gasteiger partial charge >= 0.3 is 0 Å². The molecule has 0 fully saturated rings. The summed E-state index contributed by atoms with van der Waals surface area (Å²) in [6, 6.07) is 18.1. The molecule has 3 aromatic rings. The number of aromatic nitrogens is 2. The molecule has 0 spiro atoms. The average molecular weight is 376 g/mol. The van der Waals surface area contributed by atoms with Gasteiger partial charge in [0.2, 0.25) is 11.8 Å². The molecule has 7 heteroatoms. The molecular weight excluding hydrogens is 356 g/mol. The fraction of sp³-hybridized carbons (Fsp3) is 0.143. The van der Waals surface area contributed by atoms with Crippen LogP contribution in [0, 0.1) is 6.92 Å². The van der Waals surface area contributed by atoms with Gasteiger partial charge < -0.3 is 10.6 Å². The fourth-order valence-corrected chi connectivity index (χ4v) is 2.74. The first-order valence-electron chi connectivity index (χ1n) is 8.74. The Morgan fingerprint density at radius 2 is 1.75 bits per heavy atom. The zero-order valence-corrected chi connectivity index (χ0v) is 15.6. The quantitative estimate of drug-likeness (QED) is 0.716. The number of aryl methyl sites for hydroxylation is 1. The molecule has 0 aliphatic carbocycles. The smallest absolute Gasteiger partial charge is 0.291 e. The third-order valence-electron chi connectivity index (χ3n) is 3.95. The van der Waals surface area contributed by atoms with Gasteiger partial charge in [-0.2, -0.15) is 5.10 Å². The van der Waals surface area contributed by atoms with Crippen molar-refractivity contribution in [2.75, 3.05) is 10.6 Å². The molecule has 0 aliphatic rings. The molecule has 7 nitrogen and oxygen atoms in total. The third-order valence-corrected chi connectivity index (χ3v) is 3.95. The van der Waals surface area contributed by atoms with Gasteiger partial charge in [0.1, 0.15) is 12.2 Å². The van der Waals surface area contributed by atoms with Crippen molar-refractivity contribution in [3.63, 3.8) is 0 Å². The maximum absolute atomic E-state index is 12.6. The van der Waals surface area contributed by atoms with Crippen LogP contribution in [0.4, 0.5) is 11.4 Å². The van der Waals surface area contributed by atoms with E-state index in [4.69, 9.17) is 0 Å². The summed E-state index contributed by atoms with van der Waals surface area (Å²) >= 11 is 0. The highest BCUT2D eigenvalue weighted by atomic mass is 16.2. The van der Waals surface area contributed by atoms with Crippen molar-refractivity contribution >= 4 is 23.2 Å². The van der Waals surface area contributed by atoms with Gasteiger partial charge in [-0.25, -0.2) is 4.68 Å². The predicted molar refractivity (Wildman–Crippen MR) is 108 cm³/mol. The normalized spacial score (nSPS) is 10.4. The summed E-state index contributed by atoms with van der Waals surface area (Å²) in [7, 11) is 0. The first-order valence-corrected chi connectivity index (χ1v) is 8.74. The van der Waals surface area contributed by atoms with Crippen molar-refractivity contribution in [2.24, 2.45) is 0 Å². The zero-order chi connectivity index (χ0) is 20.1. The van der Waals surface area contributed by atoms with E-state index in [0.717, 1.165) is 15.8 Å². The monoisotopic (exact) mass is 376 g/mol. The molecule has 2 N–H and O–H groups in total. The fourth-order valence-electron chi connectivity index (χ4n) is 2.74. The van der Waals surface area contributed by atoms with Gasteiger partial charge in [-0.3, -0.25) is 14.4 Å². The molecule has 2 amide bonds. The molecule has 0 bridgehead atoms. The van der Waals surface area contributed by atoms with E-state index in [1.54, 1.807) is 6.07 Å². The molecule has 0 aliphatic heterocycles. The van der Waals surface area contributed by atoms with E-state index in [1.807, 2.05) is 55.5 Å². The highest BCUT2D eigenvalue weighted by Gasteiger charge is 2.14. The molecule has 28 heavy (non-hydrogen) atoms. The molecule has 142 valence electrons. The summed E-state index contributed by atoms with van der Waals surface area (Å²) in [6.07, 6.45) is 0. The third kappa shape index (κ3) is 4.70. The Morgan fingerprint density at radius 1 is 1.00 bits per heavy atom. The van der Waals surface area contributed by atoms with Crippen molar-refractivity contribution in [1.82, 2.24) is 9.78 Å². The number of carbonyl (C=O) groups is 2. The Labute approximate surface area is 162 Å². The number of benzene rings is 2. The molecule has 3 rings (SSSR count). The Balaban J connectivity index is 1.93. The summed E-state index contributed by atoms with van der Waals surface area (Å²) in [5.74, 6) is -0.766. The summed E-state index contributed by atoms with van der Waals surface area (Å²) in [4.78, 5) is 36.5. The second-order valence-electron chi connectivity index (χ2n) is 6.37. The van der Waals surface area contributed by atoms with E-state index >= 15 is 0 Å². The maximum Gasteiger partial charge on any atom is 0.291 e. The average Bonchev–Trinajstić information content (AvgIpc) is 2.65. The minimum Gasteiger partial charge on any atom is -0.324 e. The lowest BCUT2D eigenvalue weighted by atomic mass is 10.1. The molecule has 1 heterocycles. The van der Waals surface area contributed by atoms with E-state index in [0.29, 0.717) is 11.4 Å². The molecule has 2 aromatic carbocycles. The van der Waals surface area contributed by atoms with Crippen molar-refractivity contribution in [1.29, 1.82) is 0 Å². The van der Waals surface area contributed by atoms with Crippen LogP contribution >= 0.6 is 0 Å². The molecule has 0 atom stereocenters. The number of amides is 2. The van der Waals surface area contributed by atoms with Crippen LogP contribution in [0.3, 0.4) is 0 Å². The lowest BCUT2D eigenvalue weighted by molar-refractivity contribution is -0.117. The highest BCUT2D eigenvalue weighted by molar-refractivity contribution is 5.91. The van der Waals surface area contributed by atoms with Gasteiger partial charge in [0, 0.05) is 18.2 Å². The first kappa shape index (κ1) is 19.0. The number of hydrogen-bond donors (Lipinski definition) is 2. The van der Waals surface area contributed by atoms with Crippen molar-refractivity contribution < 1.29 is 9.59 Å². The molecule has 0 saturated carbocycles. The second-order valence-corrected chi connectivity index (χ2v) is 6.37. The number of rotatable bonds is 5. The van der Waals surface area contributed by atoms with E-state index in [9.17, 15) is 14.4 Å². The van der Waals surface area contributed by atoms with Crippen molar-refractivity contribution in [3.05, 3.63) is 76.6 Å². The molecule has 0 radical (unpaired) electrons. The topological polar surface area (TPSA) is 93.1 Å². The lowest BCUT2D eigenvalue weighted by Gasteiger charge is -2.11. The van der Waals surface area contributed by atoms with E-state index < -0.39 is 5.56 Å². The lowest BCUT2D eigenvalue weighted by Crippen LogP contribution is -2.32. The van der Waals surface area contributed by atoms with Crippen LogP contribution < -0.4 is 16.2 Å². The Hall–Kier alpha value is -3.74. The Bertz CT molecular complexity index is 1070. The van der Waals surface area contributed by atoms with E-state index in [1.165, 1.54) is 13.0 Å². The highest BCUT2D eigenvalue weighted by Crippen LogP contribution is 2.18. The maximum atomic E-state index is 12.6. The van der Waals surface area contributed by atoms with E-state index in [2.05, 4.69) is 15.7 Å². The van der Waals surface area contributed by atoms with E-state index in [-0.39, 0.29) is 24.0 Å². The Morgan fingerprint density at radius 3 is 2.43 bits per heavy atom. The van der Waals surface area contributed by atoms with Gasteiger partial charge in [0.15, 0.2) is 0 Å². The summed E-state index contributed by atoms with van der Waals surface area (Å²) in [5, 5.41) is 9.56. The minimum absolute atomic E-state index is 0.0738. The number of carbonyl (C=O) groups excluding carboxylic acids is 2. The minimum atomic E-state index is -0.547. The van der Waals surface area contributed by atoms with Crippen LogP contribution in [-0.2, 0) is 16.1 Å². The standard InChI is InChI=1S/C21H20N4O3/c1-14-7-6-10-17(11-14)23-20(27)13-25-21(28)19(22-15(2)26)12-18(24-25)16-8-4-3-5-9-16/h3-12H,13H2,1-2H3,(H,22,26)(H,23,27). The van der Waals surface area contributed by atoms with Gasteiger partial charge in [-0.1, -0.05) is 42.5 Å². The van der Waals surface area contributed by atoms with Gasteiger partial charge in [-0.05, 0) is 30.7 Å². The van der Waals surface area contributed by atoms with Crippen LogP contribution in [0.25, 0.3) is 11.3 Å². The number of anilines is 2. The van der Waals surface area contributed by atoms with Gasteiger partial charge in [0.25, 0.3) is 5.56 Å². The molecule has 0 unspecified atom stereocenters. The Kier molecular flexibility index (Phi) is 5.64. The van der Waals surface area contributed by atoms with Crippen molar-refractivity contribution in [3.8, 4) is 11.3 Å². The van der Waals surface area contributed by atoms with Crippen molar-refractivity contribution in [2.45, 2.75) is 20.4 Å². The van der Waals surface area contributed by atoms with Crippen LogP contribution in [0.2, 0.25) is 0 Å². The van der Waals surface area contributed by atoms with Gasteiger partial charge in [-0.15, -0.1) is 0 Å². The van der Waals surface area contributed by atoms with Gasteiger partial charge in [0.05, 0.1) is 5.69 Å². The molecule has 0 saturated heterocycles.